The van der Waals surface area contributed by atoms with Gasteiger partial charge >= 0.3 is 0 Å². The van der Waals surface area contributed by atoms with E-state index in [1.165, 1.54) is 37.4 Å². The molecule has 0 unspecified atom stereocenters. The highest BCUT2D eigenvalue weighted by molar-refractivity contribution is 8.13. The zero-order chi connectivity index (χ0) is 9.52. The predicted octanol–water partition coefficient (Wildman–Crippen LogP) is 3.40. The van der Waals surface area contributed by atoms with Crippen LogP contribution >= 0.6 is 11.8 Å². The average molecular weight is 198 g/mol. The molecule has 0 aliphatic heterocycles. The zero-order valence-corrected chi connectivity index (χ0v) is 9.11. The molecule has 13 heavy (non-hydrogen) atoms. The number of allylic oxidation sites excluding steroid dienone is 1. The second-order valence-corrected chi connectivity index (χ2v) is 4.68. The molecule has 0 amide bonds. The van der Waals surface area contributed by atoms with Gasteiger partial charge in [-0.1, -0.05) is 36.8 Å². The standard InChI is InChI=1S/C11H18OS/c1-2-3-8-13-11(12)9-10-6-4-5-7-10/h2-3,10H,4-9H2,1H3/b3-2+. The van der Waals surface area contributed by atoms with Gasteiger partial charge in [0.2, 0.25) is 0 Å². The van der Waals surface area contributed by atoms with Crippen molar-refractivity contribution in [2.45, 2.75) is 39.0 Å². The molecule has 1 nitrogen and oxygen atoms in total. The molecule has 0 heterocycles. The van der Waals surface area contributed by atoms with Crippen molar-refractivity contribution in [1.82, 2.24) is 0 Å². The molecule has 1 aliphatic rings. The summed E-state index contributed by atoms with van der Waals surface area (Å²) in [5, 5.41) is 0.380. The van der Waals surface area contributed by atoms with Crippen molar-refractivity contribution in [3.8, 4) is 0 Å². The lowest BCUT2D eigenvalue weighted by Gasteiger charge is -2.05. The van der Waals surface area contributed by atoms with E-state index in [0.717, 1.165) is 12.2 Å². The van der Waals surface area contributed by atoms with Crippen LogP contribution in [0.15, 0.2) is 12.2 Å². The minimum absolute atomic E-state index is 0.380. The first-order valence-corrected chi connectivity index (χ1v) is 6.08. The fourth-order valence-corrected chi connectivity index (χ4v) is 2.57. The summed E-state index contributed by atoms with van der Waals surface area (Å²) in [5.74, 6) is 1.55. The van der Waals surface area contributed by atoms with Gasteiger partial charge in [-0.3, -0.25) is 4.79 Å². The van der Waals surface area contributed by atoms with Gasteiger partial charge in [-0.25, -0.2) is 0 Å². The normalized spacial score (nSPS) is 18.5. The lowest BCUT2D eigenvalue weighted by Crippen LogP contribution is -2.01. The molecule has 0 aromatic carbocycles. The molecule has 0 saturated heterocycles. The third-order valence-electron chi connectivity index (χ3n) is 2.51. The topological polar surface area (TPSA) is 17.1 Å². The Hall–Kier alpha value is -0.240. The summed E-state index contributed by atoms with van der Waals surface area (Å²) >= 11 is 1.46. The highest BCUT2D eigenvalue weighted by Gasteiger charge is 2.17. The van der Waals surface area contributed by atoms with Crippen LogP contribution in [0.3, 0.4) is 0 Å². The lowest BCUT2D eigenvalue weighted by molar-refractivity contribution is -0.111. The Kier molecular flexibility index (Phi) is 5.21. The maximum absolute atomic E-state index is 11.4. The Morgan fingerprint density at radius 3 is 2.77 bits per heavy atom. The Balaban J connectivity index is 2.09. The summed E-state index contributed by atoms with van der Waals surface area (Å²) in [6.07, 6.45) is 10.1. The van der Waals surface area contributed by atoms with Crippen LogP contribution in [-0.4, -0.2) is 10.9 Å². The van der Waals surface area contributed by atoms with Gasteiger partial charge in [0.05, 0.1) is 0 Å². The molecular formula is C11H18OS. The number of hydrogen-bond donors (Lipinski definition) is 0. The van der Waals surface area contributed by atoms with E-state index in [-0.39, 0.29) is 0 Å². The van der Waals surface area contributed by atoms with Crippen molar-refractivity contribution >= 4 is 16.9 Å². The van der Waals surface area contributed by atoms with E-state index in [2.05, 4.69) is 0 Å². The Bertz CT molecular complexity index is 181. The SMILES string of the molecule is C/C=C/CSC(=O)CC1CCCC1. The maximum atomic E-state index is 11.4. The number of carbonyl (C=O) groups excluding carboxylic acids is 1. The summed E-state index contributed by atoms with van der Waals surface area (Å²) < 4.78 is 0. The number of rotatable bonds is 4. The van der Waals surface area contributed by atoms with E-state index in [1.54, 1.807) is 0 Å². The van der Waals surface area contributed by atoms with Crippen molar-refractivity contribution in [1.29, 1.82) is 0 Å². The summed E-state index contributed by atoms with van der Waals surface area (Å²) in [6, 6.07) is 0. The van der Waals surface area contributed by atoms with Gasteiger partial charge in [0, 0.05) is 12.2 Å². The van der Waals surface area contributed by atoms with Gasteiger partial charge in [-0.05, 0) is 25.7 Å². The predicted molar refractivity (Wildman–Crippen MR) is 58.9 cm³/mol. The van der Waals surface area contributed by atoms with Crippen molar-refractivity contribution < 1.29 is 4.79 Å². The monoisotopic (exact) mass is 198 g/mol. The average Bonchev–Trinajstić information content (AvgIpc) is 2.57. The molecule has 1 rings (SSSR count). The molecular weight excluding hydrogens is 180 g/mol. The minimum atomic E-state index is 0.380. The molecule has 0 aromatic heterocycles. The van der Waals surface area contributed by atoms with Crippen LogP contribution < -0.4 is 0 Å². The summed E-state index contributed by atoms with van der Waals surface area (Å²) in [4.78, 5) is 11.4. The minimum Gasteiger partial charge on any atom is -0.287 e. The van der Waals surface area contributed by atoms with Crippen LogP contribution in [0, 0.1) is 5.92 Å². The van der Waals surface area contributed by atoms with Gasteiger partial charge in [0.15, 0.2) is 5.12 Å². The van der Waals surface area contributed by atoms with E-state index in [1.807, 2.05) is 19.1 Å². The molecule has 0 radical (unpaired) electrons. The fraction of sp³-hybridized carbons (Fsp3) is 0.727. The molecule has 0 aromatic rings. The number of carbonyl (C=O) groups is 1. The maximum Gasteiger partial charge on any atom is 0.189 e. The molecule has 0 spiro atoms. The first-order chi connectivity index (χ1) is 6.33. The molecule has 1 saturated carbocycles. The number of hydrogen-bond acceptors (Lipinski definition) is 2. The highest BCUT2D eigenvalue weighted by Crippen LogP contribution is 2.29. The van der Waals surface area contributed by atoms with Gasteiger partial charge in [0.1, 0.15) is 0 Å². The third-order valence-corrected chi connectivity index (χ3v) is 3.35. The largest absolute Gasteiger partial charge is 0.287 e. The Morgan fingerprint density at radius 1 is 1.46 bits per heavy atom. The lowest BCUT2D eigenvalue weighted by atomic mass is 10.1. The molecule has 1 aliphatic carbocycles. The van der Waals surface area contributed by atoms with Gasteiger partial charge < -0.3 is 0 Å². The molecule has 0 bridgehead atoms. The van der Waals surface area contributed by atoms with E-state index < -0.39 is 0 Å². The van der Waals surface area contributed by atoms with E-state index in [4.69, 9.17) is 0 Å². The molecule has 2 heteroatoms. The molecule has 1 fully saturated rings. The zero-order valence-electron chi connectivity index (χ0n) is 8.29. The first kappa shape index (κ1) is 10.8. The second-order valence-electron chi connectivity index (χ2n) is 3.61. The summed E-state index contributed by atoms with van der Waals surface area (Å²) in [7, 11) is 0. The highest BCUT2D eigenvalue weighted by atomic mass is 32.2. The van der Waals surface area contributed by atoms with Crippen molar-refractivity contribution in [2.75, 3.05) is 5.75 Å². The molecule has 0 N–H and O–H groups in total. The van der Waals surface area contributed by atoms with Crippen LogP contribution in [0.25, 0.3) is 0 Å². The van der Waals surface area contributed by atoms with Crippen LogP contribution in [0.4, 0.5) is 0 Å². The van der Waals surface area contributed by atoms with E-state index in [0.29, 0.717) is 11.0 Å². The fourth-order valence-electron chi connectivity index (χ4n) is 1.75. The van der Waals surface area contributed by atoms with Crippen molar-refractivity contribution in [2.24, 2.45) is 5.92 Å². The van der Waals surface area contributed by atoms with Gasteiger partial charge in [-0.2, -0.15) is 0 Å². The van der Waals surface area contributed by atoms with Gasteiger partial charge in [-0.15, -0.1) is 0 Å². The van der Waals surface area contributed by atoms with Crippen molar-refractivity contribution in [3.05, 3.63) is 12.2 Å². The van der Waals surface area contributed by atoms with Crippen LogP contribution in [0.1, 0.15) is 39.0 Å². The Morgan fingerprint density at radius 2 is 2.15 bits per heavy atom. The van der Waals surface area contributed by atoms with Crippen molar-refractivity contribution in [3.63, 3.8) is 0 Å². The van der Waals surface area contributed by atoms with E-state index >= 15 is 0 Å². The quantitative estimate of drug-likeness (QED) is 0.644. The Labute approximate surface area is 85.0 Å². The number of thioether (sulfide) groups is 1. The molecule has 0 atom stereocenters. The summed E-state index contributed by atoms with van der Waals surface area (Å²) in [6.45, 7) is 1.99. The summed E-state index contributed by atoms with van der Waals surface area (Å²) in [5.41, 5.74) is 0. The first-order valence-electron chi connectivity index (χ1n) is 5.09. The van der Waals surface area contributed by atoms with E-state index in [9.17, 15) is 4.79 Å². The van der Waals surface area contributed by atoms with Gasteiger partial charge in [0.25, 0.3) is 0 Å². The smallest absolute Gasteiger partial charge is 0.189 e. The van der Waals surface area contributed by atoms with Crippen LogP contribution in [0.2, 0.25) is 0 Å². The third kappa shape index (κ3) is 4.51. The van der Waals surface area contributed by atoms with Crippen LogP contribution in [-0.2, 0) is 4.79 Å². The molecule has 74 valence electrons. The second kappa shape index (κ2) is 6.25. The van der Waals surface area contributed by atoms with Crippen LogP contribution in [0.5, 0.6) is 0 Å².